The highest BCUT2D eigenvalue weighted by molar-refractivity contribution is 7.91. The summed E-state index contributed by atoms with van der Waals surface area (Å²) in [5.41, 5.74) is 2.53. The number of sulfone groups is 1. The van der Waals surface area contributed by atoms with Crippen molar-refractivity contribution in [3.8, 4) is 5.75 Å². The molecule has 0 bridgehead atoms. The molecule has 0 saturated carbocycles. The Morgan fingerprint density at radius 1 is 1.24 bits per heavy atom. The van der Waals surface area contributed by atoms with Crippen LogP contribution in [0, 0.1) is 6.92 Å². The molecule has 1 unspecified atom stereocenters. The minimum absolute atomic E-state index is 0.0712. The number of anilines is 1. The summed E-state index contributed by atoms with van der Waals surface area (Å²) in [5, 5.41) is 3.31. The Morgan fingerprint density at radius 2 is 1.97 bits per heavy atom. The minimum Gasteiger partial charge on any atom is -0.497 e. The number of methoxy groups -OCH3 is 1. The molecule has 1 aliphatic heterocycles. The molecule has 1 N–H and O–H groups in total. The minimum atomic E-state index is -3.06. The molecule has 2 aromatic carbocycles. The van der Waals surface area contributed by atoms with Gasteiger partial charge < -0.3 is 10.1 Å². The van der Waals surface area contributed by atoms with Crippen LogP contribution in [0.4, 0.5) is 5.69 Å². The third-order valence-electron chi connectivity index (χ3n) is 5.01. The van der Waals surface area contributed by atoms with E-state index in [0.717, 1.165) is 16.9 Å². The van der Waals surface area contributed by atoms with Crippen LogP contribution in [0.2, 0.25) is 5.02 Å². The normalized spacial score (nSPS) is 18.0. The maximum absolute atomic E-state index is 12.7. The smallest absolute Gasteiger partial charge is 0.238 e. The van der Waals surface area contributed by atoms with Crippen LogP contribution in [0.25, 0.3) is 0 Å². The summed E-state index contributed by atoms with van der Waals surface area (Å²) in [6.45, 7) is 2.48. The summed E-state index contributed by atoms with van der Waals surface area (Å²) in [6.07, 6.45) is 0.525. The van der Waals surface area contributed by atoms with E-state index in [1.54, 1.807) is 19.2 Å². The van der Waals surface area contributed by atoms with E-state index in [1.807, 2.05) is 42.2 Å². The summed E-state index contributed by atoms with van der Waals surface area (Å²) in [7, 11) is -1.46. The quantitative estimate of drug-likeness (QED) is 0.720. The van der Waals surface area contributed by atoms with Gasteiger partial charge >= 0.3 is 0 Å². The first-order valence-electron chi connectivity index (χ1n) is 9.39. The first-order chi connectivity index (χ1) is 13.8. The fraction of sp³-hybridized carbons (Fsp3) is 0.381. The molecule has 1 amide bonds. The van der Waals surface area contributed by atoms with E-state index >= 15 is 0 Å². The van der Waals surface area contributed by atoms with E-state index in [4.69, 9.17) is 16.3 Å². The monoisotopic (exact) mass is 436 g/mol. The van der Waals surface area contributed by atoms with Crippen LogP contribution in [-0.4, -0.2) is 50.4 Å². The second-order valence-electron chi connectivity index (χ2n) is 7.34. The molecule has 0 radical (unpaired) electrons. The van der Waals surface area contributed by atoms with E-state index in [0.29, 0.717) is 23.7 Å². The van der Waals surface area contributed by atoms with Crippen LogP contribution >= 0.6 is 11.6 Å². The number of amides is 1. The first-order valence-corrected chi connectivity index (χ1v) is 11.6. The van der Waals surface area contributed by atoms with Crippen LogP contribution in [0.5, 0.6) is 5.75 Å². The van der Waals surface area contributed by atoms with Gasteiger partial charge in [0.05, 0.1) is 35.9 Å². The second-order valence-corrected chi connectivity index (χ2v) is 9.98. The summed E-state index contributed by atoms with van der Waals surface area (Å²) in [6, 6.07) is 12.8. The van der Waals surface area contributed by atoms with Crippen LogP contribution in [0.15, 0.2) is 42.5 Å². The number of aryl methyl sites for hydroxylation is 1. The highest BCUT2D eigenvalue weighted by atomic mass is 35.5. The summed E-state index contributed by atoms with van der Waals surface area (Å²) in [4.78, 5) is 14.6. The lowest BCUT2D eigenvalue weighted by molar-refractivity contribution is -0.117. The lowest BCUT2D eigenvalue weighted by Gasteiger charge is -2.27. The van der Waals surface area contributed by atoms with Crippen molar-refractivity contribution in [2.24, 2.45) is 0 Å². The fourth-order valence-corrected chi connectivity index (χ4v) is 5.48. The maximum atomic E-state index is 12.7. The number of hydrogen-bond donors (Lipinski definition) is 1. The van der Waals surface area contributed by atoms with E-state index in [9.17, 15) is 13.2 Å². The van der Waals surface area contributed by atoms with Gasteiger partial charge in [0.25, 0.3) is 0 Å². The van der Waals surface area contributed by atoms with E-state index < -0.39 is 9.84 Å². The molecule has 6 nitrogen and oxygen atoms in total. The van der Waals surface area contributed by atoms with E-state index in [-0.39, 0.29) is 30.0 Å². The van der Waals surface area contributed by atoms with Gasteiger partial charge in [-0.05, 0) is 48.7 Å². The Labute approximate surface area is 176 Å². The number of carbonyl (C=O) groups excluding carboxylic acids is 1. The second kappa shape index (κ2) is 9.15. The zero-order valence-electron chi connectivity index (χ0n) is 16.5. The molecule has 1 aliphatic rings. The molecule has 156 valence electrons. The van der Waals surface area contributed by atoms with Gasteiger partial charge in [-0.2, -0.15) is 0 Å². The van der Waals surface area contributed by atoms with Gasteiger partial charge in [-0.15, -0.1) is 0 Å². The molecule has 1 saturated heterocycles. The van der Waals surface area contributed by atoms with E-state index in [1.165, 1.54) is 0 Å². The largest absolute Gasteiger partial charge is 0.497 e. The number of ether oxygens (including phenoxy) is 1. The molecule has 0 spiro atoms. The number of carbonyl (C=O) groups is 1. The lowest BCUT2D eigenvalue weighted by Crippen LogP contribution is -2.41. The van der Waals surface area contributed by atoms with Gasteiger partial charge in [-0.25, -0.2) is 8.42 Å². The maximum Gasteiger partial charge on any atom is 0.238 e. The zero-order valence-corrected chi connectivity index (χ0v) is 18.1. The first kappa shape index (κ1) is 21.6. The summed E-state index contributed by atoms with van der Waals surface area (Å²) in [5.74, 6) is 0.744. The average molecular weight is 437 g/mol. The van der Waals surface area contributed by atoms with Crippen LogP contribution in [0.3, 0.4) is 0 Å². The predicted molar refractivity (Wildman–Crippen MR) is 115 cm³/mol. The van der Waals surface area contributed by atoms with Crippen molar-refractivity contribution in [1.82, 2.24) is 4.90 Å². The Balaban J connectivity index is 1.74. The number of halogens is 1. The van der Waals surface area contributed by atoms with Gasteiger partial charge in [0.2, 0.25) is 5.91 Å². The fourth-order valence-electron chi connectivity index (χ4n) is 3.44. The van der Waals surface area contributed by atoms with Gasteiger partial charge in [0.1, 0.15) is 5.75 Å². The predicted octanol–water partition coefficient (Wildman–Crippen LogP) is 3.28. The molecule has 3 rings (SSSR count). The third-order valence-corrected chi connectivity index (χ3v) is 7.08. The molecule has 0 aromatic heterocycles. The Hall–Kier alpha value is -2.09. The Bertz CT molecular complexity index is 977. The zero-order chi connectivity index (χ0) is 21.0. The lowest BCUT2D eigenvalue weighted by atomic mass is 10.1. The molecule has 1 heterocycles. The van der Waals surface area contributed by atoms with Gasteiger partial charge in [-0.3, -0.25) is 9.69 Å². The molecule has 1 fully saturated rings. The van der Waals surface area contributed by atoms with Crippen LogP contribution < -0.4 is 10.1 Å². The molecule has 29 heavy (non-hydrogen) atoms. The van der Waals surface area contributed by atoms with Gasteiger partial charge in [0, 0.05) is 12.6 Å². The number of benzene rings is 2. The number of nitrogens with zero attached hydrogens (tertiary/aromatic N) is 1. The third kappa shape index (κ3) is 5.95. The SMILES string of the molecule is COc1ccc(CN(CC(=O)Nc2ccc(C)cc2Cl)C2CCS(=O)(=O)C2)cc1. The van der Waals surface area contributed by atoms with Crippen molar-refractivity contribution >= 4 is 33.0 Å². The van der Waals surface area contributed by atoms with Crippen molar-refractivity contribution in [1.29, 1.82) is 0 Å². The highest BCUT2D eigenvalue weighted by Gasteiger charge is 2.33. The highest BCUT2D eigenvalue weighted by Crippen LogP contribution is 2.24. The van der Waals surface area contributed by atoms with Crippen molar-refractivity contribution < 1.29 is 17.9 Å². The molecule has 1 atom stereocenters. The number of hydrogen-bond acceptors (Lipinski definition) is 5. The van der Waals surface area contributed by atoms with Crippen LogP contribution in [-0.2, 0) is 21.2 Å². The molecule has 8 heteroatoms. The molecular formula is C21H25ClN2O4S. The molecule has 2 aromatic rings. The van der Waals surface area contributed by atoms with Gasteiger partial charge in [-0.1, -0.05) is 29.8 Å². The van der Waals surface area contributed by atoms with Crippen molar-refractivity contribution in [2.45, 2.75) is 25.9 Å². The number of rotatable bonds is 7. The van der Waals surface area contributed by atoms with E-state index in [2.05, 4.69) is 5.32 Å². The van der Waals surface area contributed by atoms with Crippen LogP contribution in [0.1, 0.15) is 17.5 Å². The topological polar surface area (TPSA) is 75.7 Å². The summed E-state index contributed by atoms with van der Waals surface area (Å²) >= 11 is 6.21. The van der Waals surface area contributed by atoms with Crippen molar-refractivity contribution in [3.63, 3.8) is 0 Å². The Morgan fingerprint density at radius 3 is 2.55 bits per heavy atom. The van der Waals surface area contributed by atoms with Crippen molar-refractivity contribution in [2.75, 3.05) is 30.5 Å². The average Bonchev–Trinajstić information content (AvgIpc) is 3.04. The van der Waals surface area contributed by atoms with Gasteiger partial charge in [0.15, 0.2) is 9.84 Å². The Kier molecular flexibility index (Phi) is 6.82. The number of nitrogens with one attached hydrogen (secondary N) is 1. The standard InChI is InChI=1S/C21H25ClN2O4S/c1-15-3-8-20(19(22)11-15)23-21(25)13-24(17-9-10-29(26,27)14-17)12-16-4-6-18(28-2)7-5-16/h3-8,11,17H,9-10,12-14H2,1-2H3,(H,23,25). The molecule has 0 aliphatic carbocycles. The van der Waals surface area contributed by atoms with Crippen molar-refractivity contribution in [3.05, 3.63) is 58.6 Å². The summed E-state index contributed by atoms with van der Waals surface area (Å²) < 4.78 is 29.1. The molecular weight excluding hydrogens is 412 g/mol.